The van der Waals surface area contributed by atoms with Crippen LogP contribution in [0.1, 0.15) is 42.6 Å². The van der Waals surface area contributed by atoms with E-state index in [1.54, 1.807) is 25.1 Å². The molecule has 1 unspecified atom stereocenters. The van der Waals surface area contributed by atoms with Crippen LogP contribution >= 0.6 is 0 Å². The van der Waals surface area contributed by atoms with E-state index in [1.807, 2.05) is 37.3 Å². The monoisotopic (exact) mass is 354 g/mol. The summed E-state index contributed by atoms with van der Waals surface area (Å²) < 4.78 is 5.52. The van der Waals surface area contributed by atoms with E-state index in [0.717, 1.165) is 24.1 Å². The summed E-state index contributed by atoms with van der Waals surface area (Å²) in [5, 5.41) is 5.71. The molecule has 1 atom stereocenters. The molecule has 0 aromatic heterocycles. The van der Waals surface area contributed by atoms with E-state index in [9.17, 15) is 9.59 Å². The largest absolute Gasteiger partial charge is 0.369 e. The summed E-state index contributed by atoms with van der Waals surface area (Å²) in [6.07, 6.45) is 1.40. The van der Waals surface area contributed by atoms with Gasteiger partial charge in [0.05, 0.1) is 0 Å². The quantitative estimate of drug-likeness (QED) is 0.691. The first-order valence-corrected chi connectivity index (χ1v) is 8.91. The second-order valence-electron chi connectivity index (χ2n) is 6.15. The zero-order chi connectivity index (χ0) is 18.9. The molecule has 0 saturated heterocycles. The van der Waals surface area contributed by atoms with Gasteiger partial charge in [0.1, 0.15) is 6.10 Å². The first kappa shape index (κ1) is 19.7. The number of ether oxygens (including phenoxy) is 1. The van der Waals surface area contributed by atoms with Crippen LogP contribution in [-0.4, -0.2) is 24.5 Å². The third-order valence-corrected chi connectivity index (χ3v) is 4.10. The van der Waals surface area contributed by atoms with E-state index in [2.05, 4.69) is 17.6 Å². The lowest BCUT2D eigenvalue weighted by Gasteiger charge is -2.16. The number of rotatable bonds is 8. The molecular weight excluding hydrogens is 328 g/mol. The average molecular weight is 354 g/mol. The highest BCUT2D eigenvalue weighted by molar-refractivity contribution is 6.07. The van der Waals surface area contributed by atoms with Crippen molar-refractivity contribution in [1.29, 1.82) is 0 Å². The number of carbonyl (C=O) groups excluding carboxylic acids is 2. The number of carbonyl (C=O) groups is 2. The molecule has 0 bridgehead atoms. The number of amides is 2. The molecular formula is C21H26N2O3. The van der Waals surface area contributed by atoms with Crippen LogP contribution in [0.15, 0.2) is 48.5 Å². The summed E-state index contributed by atoms with van der Waals surface area (Å²) in [5.74, 6) is -0.429. The van der Waals surface area contributed by atoms with Gasteiger partial charge in [-0.1, -0.05) is 37.6 Å². The van der Waals surface area contributed by atoms with Gasteiger partial charge in [-0.15, -0.1) is 0 Å². The van der Waals surface area contributed by atoms with Crippen molar-refractivity contribution in [3.8, 4) is 0 Å². The Hall–Kier alpha value is -2.66. The molecule has 5 nitrogen and oxygen atoms in total. The molecule has 2 amide bonds. The van der Waals surface area contributed by atoms with E-state index in [4.69, 9.17) is 4.74 Å². The Bertz CT molecular complexity index is 744. The van der Waals surface area contributed by atoms with Crippen molar-refractivity contribution in [2.75, 3.05) is 17.2 Å². The summed E-state index contributed by atoms with van der Waals surface area (Å²) in [5.41, 5.74) is 2.58. The number of para-hydroxylation sites is 1. The molecule has 0 heterocycles. The maximum absolute atomic E-state index is 12.5. The van der Waals surface area contributed by atoms with E-state index in [0.29, 0.717) is 17.9 Å². The molecule has 2 N–H and O–H groups in total. The normalized spacial score (nSPS) is 11.7. The van der Waals surface area contributed by atoms with Gasteiger partial charge in [0, 0.05) is 23.5 Å². The third kappa shape index (κ3) is 5.43. The standard InChI is InChI=1S/C21H26N2O3/c1-4-5-14-26-16(3)20(24)23-19-13-9-12-18(15(19)2)21(25)22-17-10-7-6-8-11-17/h6-13,16H,4-5,14H2,1-3H3,(H,22,25)(H,23,24). The SMILES string of the molecule is CCCCOC(C)C(=O)Nc1cccc(C(=O)Nc2ccccc2)c1C. The van der Waals surface area contributed by atoms with Gasteiger partial charge in [-0.05, 0) is 50.1 Å². The maximum Gasteiger partial charge on any atom is 0.256 e. The van der Waals surface area contributed by atoms with Crippen LogP contribution in [0.25, 0.3) is 0 Å². The number of nitrogens with one attached hydrogen (secondary N) is 2. The van der Waals surface area contributed by atoms with Crippen LogP contribution in [0.2, 0.25) is 0 Å². The van der Waals surface area contributed by atoms with Crippen molar-refractivity contribution < 1.29 is 14.3 Å². The molecule has 26 heavy (non-hydrogen) atoms. The lowest BCUT2D eigenvalue weighted by atomic mass is 10.1. The molecule has 0 fully saturated rings. The second kappa shape index (κ2) is 9.73. The number of hydrogen-bond donors (Lipinski definition) is 2. The van der Waals surface area contributed by atoms with E-state index < -0.39 is 6.10 Å². The van der Waals surface area contributed by atoms with Gasteiger partial charge in [-0.3, -0.25) is 9.59 Å². The molecule has 0 saturated carbocycles. The van der Waals surface area contributed by atoms with Crippen LogP contribution in [-0.2, 0) is 9.53 Å². The second-order valence-corrected chi connectivity index (χ2v) is 6.15. The predicted molar refractivity (Wildman–Crippen MR) is 105 cm³/mol. The molecule has 0 spiro atoms. The Kier molecular flexibility index (Phi) is 7.36. The summed E-state index contributed by atoms with van der Waals surface area (Å²) in [6.45, 7) is 6.18. The van der Waals surface area contributed by atoms with Gasteiger partial charge < -0.3 is 15.4 Å². The van der Waals surface area contributed by atoms with Gasteiger partial charge >= 0.3 is 0 Å². The first-order chi connectivity index (χ1) is 12.5. The van der Waals surface area contributed by atoms with Crippen molar-refractivity contribution in [3.05, 3.63) is 59.7 Å². The predicted octanol–water partition coefficient (Wildman–Crippen LogP) is 4.39. The summed E-state index contributed by atoms with van der Waals surface area (Å²) in [6, 6.07) is 14.5. The van der Waals surface area contributed by atoms with E-state index in [-0.39, 0.29) is 11.8 Å². The summed E-state index contributed by atoms with van der Waals surface area (Å²) in [7, 11) is 0. The van der Waals surface area contributed by atoms with Gasteiger partial charge in [0.25, 0.3) is 11.8 Å². The van der Waals surface area contributed by atoms with Gasteiger partial charge in [0.15, 0.2) is 0 Å². The van der Waals surface area contributed by atoms with Crippen molar-refractivity contribution in [1.82, 2.24) is 0 Å². The van der Waals surface area contributed by atoms with Crippen LogP contribution in [0, 0.1) is 6.92 Å². The number of unbranched alkanes of at least 4 members (excludes halogenated alkanes) is 1. The van der Waals surface area contributed by atoms with E-state index >= 15 is 0 Å². The lowest BCUT2D eigenvalue weighted by molar-refractivity contribution is -0.126. The van der Waals surface area contributed by atoms with Crippen LogP contribution in [0.5, 0.6) is 0 Å². The average Bonchev–Trinajstić information content (AvgIpc) is 2.64. The molecule has 0 aliphatic heterocycles. The van der Waals surface area contributed by atoms with Crippen molar-refractivity contribution in [3.63, 3.8) is 0 Å². The van der Waals surface area contributed by atoms with Gasteiger partial charge in [0.2, 0.25) is 0 Å². The Morgan fingerprint density at radius 3 is 2.46 bits per heavy atom. The smallest absolute Gasteiger partial charge is 0.256 e. The topological polar surface area (TPSA) is 67.4 Å². The summed E-state index contributed by atoms with van der Waals surface area (Å²) in [4.78, 5) is 24.8. The maximum atomic E-state index is 12.5. The molecule has 0 aliphatic rings. The van der Waals surface area contributed by atoms with Gasteiger partial charge in [-0.25, -0.2) is 0 Å². The molecule has 0 aliphatic carbocycles. The van der Waals surface area contributed by atoms with Crippen LogP contribution in [0.3, 0.4) is 0 Å². The minimum Gasteiger partial charge on any atom is -0.369 e. The minimum atomic E-state index is -0.539. The molecule has 5 heteroatoms. The highest BCUT2D eigenvalue weighted by Crippen LogP contribution is 2.21. The van der Waals surface area contributed by atoms with Crippen molar-refractivity contribution >= 4 is 23.2 Å². The zero-order valence-electron chi connectivity index (χ0n) is 15.5. The number of benzene rings is 2. The Morgan fingerprint density at radius 1 is 1.04 bits per heavy atom. The zero-order valence-corrected chi connectivity index (χ0v) is 15.5. The number of anilines is 2. The highest BCUT2D eigenvalue weighted by Gasteiger charge is 2.17. The molecule has 0 radical (unpaired) electrons. The third-order valence-electron chi connectivity index (χ3n) is 4.10. The number of hydrogen-bond acceptors (Lipinski definition) is 3. The first-order valence-electron chi connectivity index (χ1n) is 8.91. The molecule has 2 aromatic rings. The Labute approximate surface area is 154 Å². The van der Waals surface area contributed by atoms with Crippen molar-refractivity contribution in [2.24, 2.45) is 0 Å². The highest BCUT2D eigenvalue weighted by atomic mass is 16.5. The molecule has 138 valence electrons. The van der Waals surface area contributed by atoms with Gasteiger partial charge in [-0.2, -0.15) is 0 Å². The fourth-order valence-corrected chi connectivity index (χ4v) is 2.45. The summed E-state index contributed by atoms with van der Waals surface area (Å²) >= 11 is 0. The minimum absolute atomic E-state index is 0.211. The Morgan fingerprint density at radius 2 is 1.77 bits per heavy atom. The van der Waals surface area contributed by atoms with Crippen LogP contribution in [0.4, 0.5) is 11.4 Å². The molecule has 2 rings (SSSR count). The van der Waals surface area contributed by atoms with Crippen molar-refractivity contribution in [2.45, 2.75) is 39.7 Å². The van der Waals surface area contributed by atoms with E-state index in [1.165, 1.54) is 0 Å². The fourth-order valence-electron chi connectivity index (χ4n) is 2.45. The Balaban J connectivity index is 2.06. The van der Waals surface area contributed by atoms with Crippen LogP contribution < -0.4 is 10.6 Å². The molecule has 2 aromatic carbocycles. The fraction of sp³-hybridized carbons (Fsp3) is 0.333. The lowest BCUT2D eigenvalue weighted by Crippen LogP contribution is -2.28.